The molecule has 0 spiro atoms. The number of nitrogens with one attached hydrogen (secondary N) is 1. The fourth-order valence-corrected chi connectivity index (χ4v) is 4.06. The van der Waals surface area contributed by atoms with Gasteiger partial charge < -0.3 is 24.1 Å². The fraction of sp³-hybridized carbons (Fsp3) is 0.211. The van der Waals surface area contributed by atoms with Crippen molar-refractivity contribution >= 4 is 39.4 Å². The van der Waals surface area contributed by atoms with Gasteiger partial charge in [-0.3, -0.25) is 4.72 Å². The number of methoxy groups -OCH3 is 4. The summed E-state index contributed by atoms with van der Waals surface area (Å²) in [5.41, 5.74) is 0.349. The van der Waals surface area contributed by atoms with E-state index in [1.807, 2.05) is 0 Å². The van der Waals surface area contributed by atoms with Crippen molar-refractivity contribution in [1.29, 1.82) is 0 Å². The van der Waals surface area contributed by atoms with Gasteiger partial charge in [0.2, 0.25) is 0 Å². The van der Waals surface area contributed by atoms with Crippen molar-refractivity contribution in [2.45, 2.75) is 4.90 Å². The number of halogens is 1. The van der Waals surface area contributed by atoms with Crippen LogP contribution in [-0.2, 0) is 14.8 Å². The van der Waals surface area contributed by atoms with Crippen LogP contribution in [0.5, 0.6) is 23.0 Å². The summed E-state index contributed by atoms with van der Waals surface area (Å²) >= 11 is 6.06. The SMILES string of the molecule is COc1cc(NS(=O)(=O)c2cc(C=CC(=O)O)cc(OC)c2OC)c(OC)cc1Cl. The van der Waals surface area contributed by atoms with E-state index in [0.717, 1.165) is 6.08 Å². The molecule has 162 valence electrons. The first-order valence-electron chi connectivity index (χ1n) is 8.28. The molecule has 0 aromatic heterocycles. The van der Waals surface area contributed by atoms with Gasteiger partial charge in [-0.15, -0.1) is 0 Å². The van der Waals surface area contributed by atoms with Crippen LogP contribution in [0.4, 0.5) is 5.69 Å². The highest BCUT2D eigenvalue weighted by Crippen LogP contribution is 2.40. The van der Waals surface area contributed by atoms with Crippen molar-refractivity contribution in [3.63, 3.8) is 0 Å². The molecule has 0 amide bonds. The highest BCUT2D eigenvalue weighted by molar-refractivity contribution is 7.92. The van der Waals surface area contributed by atoms with Gasteiger partial charge in [-0.05, 0) is 23.8 Å². The Morgan fingerprint density at radius 2 is 1.60 bits per heavy atom. The average Bonchev–Trinajstić information content (AvgIpc) is 2.71. The molecule has 2 aromatic rings. The third-order valence-corrected chi connectivity index (χ3v) is 5.56. The first-order chi connectivity index (χ1) is 14.2. The van der Waals surface area contributed by atoms with Gasteiger partial charge >= 0.3 is 5.97 Å². The third kappa shape index (κ3) is 5.08. The van der Waals surface area contributed by atoms with Gasteiger partial charge in [0.1, 0.15) is 16.4 Å². The third-order valence-electron chi connectivity index (χ3n) is 3.89. The lowest BCUT2D eigenvalue weighted by atomic mass is 10.2. The molecule has 0 heterocycles. The number of hydrogen-bond donors (Lipinski definition) is 2. The molecule has 2 aromatic carbocycles. The van der Waals surface area contributed by atoms with Gasteiger partial charge in [-0.2, -0.15) is 0 Å². The number of ether oxygens (including phenoxy) is 4. The molecule has 0 bridgehead atoms. The number of aliphatic carboxylic acids is 1. The standard InChI is InChI=1S/C19H20ClNO8S/c1-26-14-10-13(15(27-2)9-12(14)20)21-30(24,25)17-8-11(5-6-18(22)23)7-16(28-3)19(17)29-4/h5-10,21H,1-4H3,(H,22,23). The summed E-state index contributed by atoms with van der Waals surface area (Å²) in [7, 11) is 1.13. The van der Waals surface area contributed by atoms with Gasteiger partial charge in [-0.1, -0.05) is 11.6 Å². The van der Waals surface area contributed by atoms with E-state index >= 15 is 0 Å². The van der Waals surface area contributed by atoms with E-state index in [2.05, 4.69) is 4.72 Å². The predicted molar refractivity (Wildman–Crippen MR) is 112 cm³/mol. The molecular formula is C19H20ClNO8S. The highest BCUT2D eigenvalue weighted by atomic mass is 35.5. The summed E-state index contributed by atoms with van der Waals surface area (Å²) in [5.74, 6) is -0.746. The summed E-state index contributed by atoms with van der Waals surface area (Å²) in [6.45, 7) is 0. The van der Waals surface area contributed by atoms with Gasteiger partial charge in [-0.25, -0.2) is 13.2 Å². The Bertz CT molecular complexity index is 1080. The van der Waals surface area contributed by atoms with E-state index in [0.29, 0.717) is 0 Å². The molecule has 0 aliphatic rings. The molecule has 2 rings (SSSR count). The maximum Gasteiger partial charge on any atom is 0.328 e. The van der Waals surface area contributed by atoms with Gasteiger partial charge in [0.05, 0.1) is 39.1 Å². The minimum absolute atomic E-state index is 0.0580. The quantitative estimate of drug-likeness (QED) is 0.550. The van der Waals surface area contributed by atoms with Crippen LogP contribution in [0.1, 0.15) is 5.56 Å². The van der Waals surface area contributed by atoms with Gasteiger partial charge in [0.15, 0.2) is 11.5 Å². The number of carboxylic acid groups (broad SMARTS) is 1. The average molecular weight is 458 g/mol. The van der Waals surface area contributed by atoms with E-state index in [1.165, 1.54) is 58.8 Å². The van der Waals surface area contributed by atoms with Crippen LogP contribution in [0.25, 0.3) is 6.08 Å². The minimum atomic E-state index is -4.24. The lowest BCUT2D eigenvalue weighted by molar-refractivity contribution is -0.131. The first kappa shape index (κ1) is 23.2. The number of hydrogen-bond acceptors (Lipinski definition) is 7. The van der Waals surface area contributed by atoms with Crippen molar-refractivity contribution in [2.24, 2.45) is 0 Å². The molecule has 11 heteroatoms. The second kappa shape index (κ2) is 9.59. The Kier molecular flexibility index (Phi) is 7.41. The number of anilines is 1. The number of carboxylic acids is 1. The summed E-state index contributed by atoms with van der Waals surface area (Å²) < 4.78 is 49.5. The van der Waals surface area contributed by atoms with E-state index < -0.39 is 16.0 Å². The lowest BCUT2D eigenvalue weighted by Gasteiger charge is -2.17. The zero-order valence-corrected chi connectivity index (χ0v) is 18.1. The number of rotatable bonds is 9. The van der Waals surface area contributed by atoms with E-state index in [1.54, 1.807) is 0 Å². The number of benzene rings is 2. The van der Waals surface area contributed by atoms with Crippen LogP contribution in [-0.4, -0.2) is 47.9 Å². The number of sulfonamides is 1. The van der Waals surface area contributed by atoms with E-state index in [-0.39, 0.29) is 44.2 Å². The van der Waals surface area contributed by atoms with E-state index in [4.69, 9.17) is 35.7 Å². The van der Waals surface area contributed by atoms with Crippen LogP contribution in [0.15, 0.2) is 35.2 Å². The molecular weight excluding hydrogens is 438 g/mol. The fourth-order valence-electron chi connectivity index (χ4n) is 2.55. The van der Waals surface area contributed by atoms with Crippen molar-refractivity contribution < 1.29 is 37.3 Å². The maximum atomic E-state index is 13.2. The predicted octanol–water partition coefficient (Wildman–Crippen LogP) is 3.27. The topological polar surface area (TPSA) is 120 Å². The summed E-state index contributed by atoms with van der Waals surface area (Å²) in [5, 5.41) is 9.08. The van der Waals surface area contributed by atoms with Crippen molar-refractivity contribution in [1.82, 2.24) is 0 Å². The largest absolute Gasteiger partial charge is 0.495 e. The molecule has 0 radical (unpaired) electrons. The monoisotopic (exact) mass is 457 g/mol. The summed E-state index contributed by atoms with van der Waals surface area (Å²) in [6.07, 6.45) is 2.10. The van der Waals surface area contributed by atoms with Crippen LogP contribution in [0.2, 0.25) is 5.02 Å². The second-order valence-corrected chi connectivity index (χ2v) is 7.78. The normalized spacial score (nSPS) is 11.2. The van der Waals surface area contributed by atoms with Crippen molar-refractivity contribution in [3.05, 3.63) is 40.9 Å². The zero-order valence-electron chi connectivity index (χ0n) is 16.6. The maximum absolute atomic E-state index is 13.2. The molecule has 9 nitrogen and oxygen atoms in total. The minimum Gasteiger partial charge on any atom is -0.495 e. The summed E-state index contributed by atoms with van der Waals surface area (Å²) in [4.78, 5) is 10.5. The molecule has 0 saturated carbocycles. The van der Waals surface area contributed by atoms with Crippen LogP contribution >= 0.6 is 11.6 Å². The molecule has 0 unspecified atom stereocenters. The Morgan fingerprint density at radius 1 is 0.967 bits per heavy atom. The van der Waals surface area contributed by atoms with Crippen LogP contribution in [0.3, 0.4) is 0 Å². The Balaban J connectivity index is 2.64. The molecule has 2 N–H and O–H groups in total. The molecule has 0 saturated heterocycles. The molecule has 0 atom stereocenters. The molecule has 0 aliphatic heterocycles. The highest BCUT2D eigenvalue weighted by Gasteiger charge is 2.25. The lowest BCUT2D eigenvalue weighted by Crippen LogP contribution is -2.15. The Hall–Kier alpha value is -3.11. The van der Waals surface area contributed by atoms with E-state index in [9.17, 15) is 13.2 Å². The smallest absolute Gasteiger partial charge is 0.328 e. The second-order valence-electron chi connectivity index (χ2n) is 5.72. The van der Waals surface area contributed by atoms with Crippen molar-refractivity contribution in [3.8, 4) is 23.0 Å². The van der Waals surface area contributed by atoms with Crippen LogP contribution < -0.4 is 23.7 Å². The molecule has 0 fully saturated rings. The Labute approximate surface area is 178 Å². The molecule has 0 aliphatic carbocycles. The van der Waals surface area contributed by atoms with Gasteiger partial charge in [0, 0.05) is 18.2 Å². The first-order valence-corrected chi connectivity index (χ1v) is 10.1. The van der Waals surface area contributed by atoms with Crippen molar-refractivity contribution in [2.75, 3.05) is 33.2 Å². The zero-order chi connectivity index (χ0) is 22.5. The molecule has 30 heavy (non-hydrogen) atoms. The van der Waals surface area contributed by atoms with Crippen LogP contribution in [0, 0.1) is 0 Å². The summed E-state index contributed by atoms with van der Waals surface area (Å²) in [6, 6.07) is 5.48. The Morgan fingerprint density at radius 3 is 2.13 bits per heavy atom. The van der Waals surface area contributed by atoms with Gasteiger partial charge in [0.25, 0.3) is 10.0 Å². The number of carbonyl (C=O) groups is 1.